The van der Waals surface area contributed by atoms with Gasteiger partial charge in [-0.3, -0.25) is 4.90 Å². The van der Waals surface area contributed by atoms with Crippen LogP contribution in [0.5, 0.6) is 17.2 Å². The number of aromatic hydroxyl groups is 3. The fourth-order valence-corrected chi connectivity index (χ4v) is 2.77. The molecule has 5 nitrogen and oxygen atoms in total. The lowest BCUT2D eigenvalue weighted by Gasteiger charge is -2.36. The van der Waals surface area contributed by atoms with Gasteiger partial charge in [0.15, 0.2) is 11.5 Å². The van der Waals surface area contributed by atoms with E-state index in [2.05, 4.69) is 24.1 Å². The van der Waals surface area contributed by atoms with E-state index in [1.54, 1.807) is 6.07 Å². The van der Waals surface area contributed by atoms with Crippen molar-refractivity contribution in [1.82, 2.24) is 10.2 Å². The van der Waals surface area contributed by atoms with Gasteiger partial charge in [-0.1, -0.05) is 13.8 Å². The molecule has 4 N–H and O–H groups in total. The van der Waals surface area contributed by atoms with Crippen LogP contribution in [0.15, 0.2) is 12.1 Å². The number of nitrogens with one attached hydrogen (secondary N) is 1. The Hall–Kier alpha value is -0.880. The van der Waals surface area contributed by atoms with Crippen LogP contribution in [0.1, 0.15) is 31.9 Å². The molecule has 2 rings (SSSR count). The van der Waals surface area contributed by atoms with Gasteiger partial charge in [0.25, 0.3) is 0 Å². The molecule has 1 heterocycles. The zero-order valence-electron chi connectivity index (χ0n) is 13.0. The minimum absolute atomic E-state index is 0. The van der Waals surface area contributed by atoms with Crippen LogP contribution in [-0.2, 0) is 0 Å². The molecule has 1 saturated heterocycles. The maximum atomic E-state index is 10.1. The zero-order chi connectivity index (χ0) is 14.7. The Kier molecular flexibility index (Phi) is 8.93. The van der Waals surface area contributed by atoms with Gasteiger partial charge in [-0.25, -0.2) is 0 Å². The highest BCUT2D eigenvalue weighted by Gasteiger charge is 2.27. The Bertz CT molecular complexity index is 466. The number of benzene rings is 1. The first-order valence-corrected chi connectivity index (χ1v) is 7.19. The largest absolute Gasteiger partial charge is 0.504 e. The molecular weight excluding hydrogens is 327 g/mol. The molecule has 0 aromatic heterocycles. The minimum Gasteiger partial charge on any atom is -0.504 e. The molecule has 1 atom stereocenters. The zero-order valence-corrected chi connectivity index (χ0v) is 14.6. The number of hydrogen-bond donors (Lipinski definition) is 4. The minimum atomic E-state index is -0.425. The quantitative estimate of drug-likeness (QED) is 0.626. The second kappa shape index (κ2) is 9.30. The van der Waals surface area contributed by atoms with E-state index in [4.69, 9.17) is 0 Å². The molecule has 7 heteroatoms. The van der Waals surface area contributed by atoms with Crippen LogP contribution in [0.25, 0.3) is 0 Å². The summed E-state index contributed by atoms with van der Waals surface area (Å²) in [7, 11) is 0. The summed E-state index contributed by atoms with van der Waals surface area (Å²) in [5, 5.41) is 32.7. The van der Waals surface area contributed by atoms with Crippen molar-refractivity contribution in [3.8, 4) is 17.2 Å². The molecule has 0 bridgehead atoms. The smallest absolute Gasteiger partial charge is 0.200 e. The predicted molar refractivity (Wildman–Crippen MR) is 92.6 cm³/mol. The normalized spacial score (nSPS) is 16.7. The molecule has 22 heavy (non-hydrogen) atoms. The number of piperazine rings is 1. The summed E-state index contributed by atoms with van der Waals surface area (Å²) in [4.78, 5) is 2.32. The van der Waals surface area contributed by atoms with Crippen LogP contribution in [-0.4, -0.2) is 46.4 Å². The Morgan fingerprint density at radius 3 is 2.18 bits per heavy atom. The van der Waals surface area contributed by atoms with Crippen molar-refractivity contribution in [3.63, 3.8) is 0 Å². The molecule has 1 aromatic rings. The molecule has 0 saturated carbocycles. The molecule has 128 valence electrons. The van der Waals surface area contributed by atoms with Gasteiger partial charge in [0.1, 0.15) is 0 Å². The first-order valence-electron chi connectivity index (χ1n) is 7.19. The summed E-state index contributed by atoms with van der Waals surface area (Å²) in [5.74, 6) is -0.430. The van der Waals surface area contributed by atoms with Crippen LogP contribution >= 0.6 is 24.8 Å². The highest BCUT2D eigenvalue weighted by molar-refractivity contribution is 5.85. The third kappa shape index (κ3) is 4.81. The van der Waals surface area contributed by atoms with Crippen LogP contribution in [0.3, 0.4) is 0 Å². The fourth-order valence-electron chi connectivity index (χ4n) is 2.77. The van der Waals surface area contributed by atoms with Gasteiger partial charge in [0, 0.05) is 37.8 Å². The van der Waals surface area contributed by atoms with Crippen molar-refractivity contribution in [1.29, 1.82) is 0 Å². The van der Waals surface area contributed by atoms with E-state index in [0.29, 0.717) is 11.5 Å². The predicted octanol–water partition coefficient (Wildman–Crippen LogP) is 2.64. The first kappa shape index (κ1) is 21.1. The van der Waals surface area contributed by atoms with Gasteiger partial charge < -0.3 is 20.6 Å². The summed E-state index contributed by atoms with van der Waals surface area (Å²) in [6.45, 7) is 7.98. The summed E-state index contributed by atoms with van der Waals surface area (Å²) in [6.07, 6.45) is 0.901. The fraction of sp³-hybridized carbons (Fsp3) is 0.600. The molecule has 1 aliphatic rings. The summed E-state index contributed by atoms with van der Waals surface area (Å²) >= 11 is 0. The van der Waals surface area contributed by atoms with Crippen molar-refractivity contribution in [2.24, 2.45) is 5.92 Å². The maximum Gasteiger partial charge on any atom is 0.200 e. The highest BCUT2D eigenvalue weighted by Crippen LogP contribution is 2.42. The Balaban J connectivity index is 0.00000220. The van der Waals surface area contributed by atoms with Crippen molar-refractivity contribution in [2.75, 3.05) is 26.2 Å². The number of phenolic OH excluding ortho intramolecular Hbond substituents is 3. The average Bonchev–Trinajstić information content (AvgIpc) is 2.44. The standard InChI is InChI=1S/C15H24N2O3.2ClH/c1-10(2)9-12(17-7-5-16-6-8-17)11-3-4-13(18)15(20)14(11)19;;/h3-4,10,12,16,18-20H,5-9H2,1-2H3;2*1H/t12-;;/m1../s1. The summed E-state index contributed by atoms with van der Waals surface area (Å²) in [6, 6.07) is 3.21. The van der Waals surface area contributed by atoms with E-state index in [0.717, 1.165) is 32.6 Å². The third-order valence-electron chi connectivity index (χ3n) is 3.81. The van der Waals surface area contributed by atoms with E-state index in [-0.39, 0.29) is 42.4 Å². The van der Waals surface area contributed by atoms with Gasteiger partial charge in [-0.2, -0.15) is 0 Å². The molecule has 0 unspecified atom stereocenters. The van der Waals surface area contributed by atoms with Gasteiger partial charge in [0.2, 0.25) is 5.75 Å². The van der Waals surface area contributed by atoms with Crippen molar-refractivity contribution >= 4 is 24.8 Å². The molecule has 0 aliphatic carbocycles. The summed E-state index contributed by atoms with van der Waals surface area (Å²) in [5.41, 5.74) is 0.691. The number of phenols is 3. The van der Waals surface area contributed by atoms with Gasteiger partial charge in [-0.15, -0.1) is 24.8 Å². The van der Waals surface area contributed by atoms with Crippen molar-refractivity contribution < 1.29 is 15.3 Å². The molecular formula is C15H26Cl2N2O3. The third-order valence-corrected chi connectivity index (χ3v) is 3.81. The number of rotatable bonds is 4. The molecule has 0 radical (unpaired) electrons. The van der Waals surface area contributed by atoms with E-state index in [1.165, 1.54) is 6.07 Å². The second-order valence-electron chi connectivity index (χ2n) is 5.80. The summed E-state index contributed by atoms with van der Waals surface area (Å²) < 4.78 is 0. The van der Waals surface area contributed by atoms with Gasteiger partial charge in [-0.05, 0) is 24.5 Å². The van der Waals surface area contributed by atoms with E-state index < -0.39 is 5.75 Å². The van der Waals surface area contributed by atoms with Crippen molar-refractivity contribution in [2.45, 2.75) is 26.3 Å². The number of nitrogens with zero attached hydrogens (tertiary/aromatic N) is 1. The lowest BCUT2D eigenvalue weighted by atomic mass is 9.94. The van der Waals surface area contributed by atoms with Crippen LogP contribution in [0.2, 0.25) is 0 Å². The molecule has 1 aliphatic heterocycles. The van der Waals surface area contributed by atoms with E-state index in [9.17, 15) is 15.3 Å². The first-order chi connectivity index (χ1) is 9.50. The lowest BCUT2D eigenvalue weighted by Crippen LogP contribution is -2.45. The monoisotopic (exact) mass is 352 g/mol. The van der Waals surface area contributed by atoms with Crippen molar-refractivity contribution in [3.05, 3.63) is 17.7 Å². The lowest BCUT2D eigenvalue weighted by molar-refractivity contribution is 0.151. The maximum absolute atomic E-state index is 10.1. The molecule has 1 fully saturated rings. The van der Waals surface area contributed by atoms with Crippen LogP contribution in [0, 0.1) is 5.92 Å². The Morgan fingerprint density at radius 1 is 1.05 bits per heavy atom. The highest BCUT2D eigenvalue weighted by atomic mass is 35.5. The number of halogens is 2. The van der Waals surface area contributed by atoms with Crippen LogP contribution < -0.4 is 5.32 Å². The second-order valence-corrected chi connectivity index (χ2v) is 5.80. The number of hydrogen-bond acceptors (Lipinski definition) is 5. The topological polar surface area (TPSA) is 76.0 Å². The molecule has 1 aromatic carbocycles. The molecule has 0 amide bonds. The van der Waals surface area contributed by atoms with Gasteiger partial charge in [0.05, 0.1) is 0 Å². The van der Waals surface area contributed by atoms with E-state index >= 15 is 0 Å². The SMILES string of the molecule is CC(C)C[C@H](c1ccc(O)c(O)c1O)N1CCNCC1.Cl.Cl. The Labute approximate surface area is 144 Å². The van der Waals surface area contributed by atoms with Crippen LogP contribution in [0.4, 0.5) is 0 Å². The Morgan fingerprint density at radius 2 is 1.64 bits per heavy atom. The van der Waals surface area contributed by atoms with E-state index in [1.807, 2.05) is 0 Å². The molecule has 0 spiro atoms. The van der Waals surface area contributed by atoms with Gasteiger partial charge >= 0.3 is 0 Å². The average molecular weight is 353 g/mol.